The molecule has 1 N–H and O–H groups in total. The number of benzene rings is 1. The minimum absolute atomic E-state index is 0. The fraction of sp³-hybridized carbons (Fsp3) is 0.111. The molecule has 0 bridgehead atoms. The van der Waals surface area contributed by atoms with Crippen LogP contribution >= 0.6 is 23.1 Å². The number of rotatable bonds is 3. The molecule has 15 heavy (non-hydrogen) atoms. The van der Waals surface area contributed by atoms with Crippen molar-refractivity contribution in [3.8, 4) is 0 Å². The molecule has 0 atom stereocenters. The number of para-hydroxylation sites is 1. The van der Waals surface area contributed by atoms with E-state index in [0.717, 1.165) is 14.6 Å². The van der Waals surface area contributed by atoms with Gasteiger partial charge < -0.3 is 5.11 Å². The Morgan fingerprint density at radius 3 is 2.87 bits per heavy atom. The number of aromatic nitrogens is 1. The van der Waals surface area contributed by atoms with Crippen LogP contribution in [0.4, 0.5) is 0 Å². The van der Waals surface area contributed by atoms with Crippen LogP contribution in [0.3, 0.4) is 0 Å². The number of hydrogen-bond acceptors (Lipinski definition) is 4. The van der Waals surface area contributed by atoms with E-state index in [0.29, 0.717) is 0 Å². The Bertz CT molecular complexity index is 439. The zero-order valence-electron chi connectivity index (χ0n) is 8.14. The standard InChI is InChI=1S/C9H7NO2S2.Na/c11-8(12)5-13-9-10-6-3-1-2-4-7(6)14-9;/h1-4H,5H2,(H,11,12);. The molecule has 0 saturated heterocycles. The summed E-state index contributed by atoms with van der Waals surface area (Å²) in [4.78, 5) is 14.6. The van der Waals surface area contributed by atoms with E-state index in [2.05, 4.69) is 4.98 Å². The fourth-order valence-electron chi connectivity index (χ4n) is 1.04. The van der Waals surface area contributed by atoms with Crippen LogP contribution in [0.5, 0.6) is 0 Å². The summed E-state index contributed by atoms with van der Waals surface area (Å²) in [6.45, 7) is 0. The molecule has 0 aliphatic rings. The Balaban J connectivity index is 0.00000112. The molecule has 0 spiro atoms. The molecule has 2 aromatic rings. The zero-order chi connectivity index (χ0) is 9.97. The van der Waals surface area contributed by atoms with Crippen molar-refractivity contribution >= 4 is 68.8 Å². The summed E-state index contributed by atoms with van der Waals surface area (Å²) in [5, 5.41) is 8.51. The predicted octanol–water partition coefficient (Wildman–Crippen LogP) is 2.09. The first-order valence-corrected chi connectivity index (χ1v) is 5.76. The molecular weight excluding hydrogens is 241 g/mol. The number of nitrogens with zero attached hydrogens (tertiary/aromatic N) is 1. The van der Waals surface area contributed by atoms with E-state index in [4.69, 9.17) is 5.11 Å². The predicted molar refractivity (Wildman–Crippen MR) is 63.7 cm³/mol. The second kappa shape index (κ2) is 5.86. The van der Waals surface area contributed by atoms with E-state index in [1.54, 1.807) is 0 Å². The summed E-state index contributed by atoms with van der Waals surface area (Å²) in [7, 11) is 0. The van der Waals surface area contributed by atoms with E-state index in [-0.39, 0.29) is 35.3 Å². The summed E-state index contributed by atoms with van der Waals surface area (Å²) in [5.41, 5.74) is 0.936. The van der Waals surface area contributed by atoms with Crippen LogP contribution in [0, 0.1) is 0 Å². The quantitative estimate of drug-likeness (QED) is 0.667. The second-order valence-corrected chi connectivity index (χ2v) is 4.88. The van der Waals surface area contributed by atoms with Crippen molar-refractivity contribution in [1.82, 2.24) is 4.98 Å². The van der Waals surface area contributed by atoms with Crippen LogP contribution in [-0.4, -0.2) is 51.4 Å². The van der Waals surface area contributed by atoms with E-state index in [9.17, 15) is 4.79 Å². The Labute approximate surface area is 117 Å². The average molecular weight is 248 g/mol. The van der Waals surface area contributed by atoms with Gasteiger partial charge in [-0.25, -0.2) is 4.98 Å². The smallest absolute Gasteiger partial charge is 0.313 e. The zero-order valence-corrected chi connectivity index (χ0v) is 11.8. The summed E-state index contributed by atoms with van der Waals surface area (Å²) < 4.78 is 1.91. The molecule has 73 valence electrons. The van der Waals surface area contributed by atoms with Crippen molar-refractivity contribution in [3.63, 3.8) is 0 Å². The van der Waals surface area contributed by atoms with Crippen molar-refractivity contribution in [2.45, 2.75) is 4.34 Å². The molecule has 1 aromatic carbocycles. The maximum Gasteiger partial charge on any atom is 0.313 e. The van der Waals surface area contributed by atoms with Crippen LogP contribution in [-0.2, 0) is 4.79 Å². The third-order valence-corrected chi connectivity index (χ3v) is 3.76. The van der Waals surface area contributed by atoms with Gasteiger partial charge in [-0.2, -0.15) is 0 Å². The molecule has 1 heterocycles. The molecule has 6 heteroatoms. The van der Waals surface area contributed by atoms with Gasteiger partial charge in [-0.15, -0.1) is 11.3 Å². The summed E-state index contributed by atoms with van der Waals surface area (Å²) in [5.74, 6) is -0.742. The van der Waals surface area contributed by atoms with Crippen LogP contribution in [0.15, 0.2) is 28.6 Å². The van der Waals surface area contributed by atoms with E-state index < -0.39 is 5.97 Å². The van der Waals surface area contributed by atoms with Gasteiger partial charge >= 0.3 is 5.97 Å². The monoisotopic (exact) mass is 248 g/mol. The summed E-state index contributed by atoms with van der Waals surface area (Å²) in [6, 6.07) is 7.79. The topological polar surface area (TPSA) is 50.2 Å². The number of carbonyl (C=O) groups is 1. The second-order valence-electron chi connectivity index (χ2n) is 2.63. The van der Waals surface area contributed by atoms with Gasteiger partial charge in [-0.1, -0.05) is 23.9 Å². The number of fused-ring (bicyclic) bond motifs is 1. The van der Waals surface area contributed by atoms with Gasteiger partial charge in [0.2, 0.25) is 0 Å². The Kier molecular flexibility index (Phi) is 5.08. The molecule has 0 fully saturated rings. The molecule has 0 aliphatic heterocycles. The third kappa shape index (κ3) is 3.46. The van der Waals surface area contributed by atoms with Gasteiger partial charge in [0.25, 0.3) is 0 Å². The van der Waals surface area contributed by atoms with Gasteiger partial charge in [-0.3, -0.25) is 4.79 Å². The molecule has 0 unspecified atom stereocenters. The van der Waals surface area contributed by atoms with Crippen molar-refractivity contribution in [2.24, 2.45) is 0 Å². The maximum atomic E-state index is 10.3. The van der Waals surface area contributed by atoms with E-state index >= 15 is 0 Å². The number of carboxylic acid groups (broad SMARTS) is 1. The third-order valence-electron chi connectivity index (χ3n) is 1.59. The normalized spacial score (nSPS) is 9.87. The van der Waals surface area contributed by atoms with Gasteiger partial charge in [0, 0.05) is 29.6 Å². The largest absolute Gasteiger partial charge is 0.481 e. The van der Waals surface area contributed by atoms with Crippen LogP contribution < -0.4 is 0 Å². The van der Waals surface area contributed by atoms with Crippen LogP contribution in [0.2, 0.25) is 0 Å². The molecule has 1 aromatic heterocycles. The summed E-state index contributed by atoms with van der Waals surface area (Å²) >= 11 is 2.79. The first kappa shape index (κ1) is 13.0. The van der Waals surface area contributed by atoms with Crippen molar-refractivity contribution in [1.29, 1.82) is 0 Å². The van der Waals surface area contributed by atoms with Gasteiger partial charge in [0.15, 0.2) is 4.34 Å². The van der Waals surface area contributed by atoms with E-state index in [1.165, 1.54) is 23.1 Å². The maximum absolute atomic E-state index is 10.3. The van der Waals surface area contributed by atoms with Crippen molar-refractivity contribution < 1.29 is 9.90 Å². The number of carboxylic acids is 1. The summed E-state index contributed by atoms with van der Waals surface area (Å²) in [6.07, 6.45) is 0. The Hall–Kier alpha value is -0.0700. The number of thiazole rings is 1. The minimum Gasteiger partial charge on any atom is -0.481 e. The van der Waals surface area contributed by atoms with Gasteiger partial charge in [0.05, 0.1) is 16.0 Å². The SMILES string of the molecule is O=C(O)CSc1nc2ccccc2s1.[Na]. The molecular formula is C9H7NNaO2S2. The van der Waals surface area contributed by atoms with Crippen LogP contribution in [0.1, 0.15) is 0 Å². The molecule has 1 radical (unpaired) electrons. The number of thioether (sulfide) groups is 1. The van der Waals surface area contributed by atoms with Crippen LogP contribution in [0.25, 0.3) is 10.2 Å². The fourth-order valence-corrected chi connectivity index (χ4v) is 2.82. The van der Waals surface area contributed by atoms with Crippen molar-refractivity contribution in [2.75, 3.05) is 5.75 Å². The Morgan fingerprint density at radius 2 is 2.20 bits per heavy atom. The minimum atomic E-state index is -0.811. The molecule has 0 amide bonds. The van der Waals surface area contributed by atoms with Gasteiger partial charge in [-0.05, 0) is 12.1 Å². The van der Waals surface area contributed by atoms with Crippen molar-refractivity contribution in [3.05, 3.63) is 24.3 Å². The first-order valence-electron chi connectivity index (χ1n) is 3.96. The molecule has 0 aliphatic carbocycles. The van der Waals surface area contributed by atoms with Gasteiger partial charge in [0.1, 0.15) is 0 Å². The van der Waals surface area contributed by atoms with E-state index in [1.807, 2.05) is 24.3 Å². The first-order chi connectivity index (χ1) is 6.75. The molecule has 2 rings (SSSR count). The molecule has 3 nitrogen and oxygen atoms in total. The average Bonchev–Trinajstić information content (AvgIpc) is 2.57. The Morgan fingerprint density at radius 1 is 1.47 bits per heavy atom. The molecule has 0 saturated carbocycles. The number of aliphatic carboxylic acids is 1. The number of hydrogen-bond donors (Lipinski definition) is 1.